The number of rotatable bonds is 6. The van der Waals surface area contributed by atoms with E-state index in [1.54, 1.807) is 11.4 Å². The normalized spacial score (nSPS) is 23.0. The van der Waals surface area contributed by atoms with Crippen molar-refractivity contribution in [3.05, 3.63) is 52.7 Å². The number of halogens is 1. The van der Waals surface area contributed by atoms with Gasteiger partial charge in [-0.3, -0.25) is 4.79 Å². The first-order valence-electron chi connectivity index (χ1n) is 10.4. The fraction of sp³-hybridized carbons (Fsp3) is 0.455. The number of piperidine rings is 1. The third-order valence-electron chi connectivity index (χ3n) is 6.27. The first-order valence-corrected chi connectivity index (χ1v) is 12.9. The lowest BCUT2D eigenvalue weighted by Crippen LogP contribution is -2.37. The van der Waals surface area contributed by atoms with Gasteiger partial charge in [0.15, 0.2) is 15.6 Å². The van der Waals surface area contributed by atoms with Crippen LogP contribution in [0.2, 0.25) is 0 Å². The van der Waals surface area contributed by atoms with Crippen LogP contribution in [-0.4, -0.2) is 54.9 Å². The van der Waals surface area contributed by atoms with Crippen LogP contribution < -0.4 is 0 Å². The molecule has 0 bridgehead atoms. The van der Waals surface area contributed by atoms with E-state index in [1.165, 1.54) is 35.6 Å². The second-order valence-corrected chi connectivity index (χ2v) is 11.5. The van der Waals surface area contributed by atoms with Crippen molar-refractivity contribution in [2.75, 3.05) is 19.6 Å². The molecule has 1 unspecified atom stereocenters. The number of nitrogens with zero attached hydrogens (tertiary/aromatic N) is 2. The van der Waals surface area contributed by atoms with Crippen molar-refractivity contribution in [3.63, 3.8) is 0 Å². The highest BCUT2D eigenvalue weighted by Gasteiger charge is 2.38. The lowest BCUT2D eigenvalue weighted by molar-refractivity contribution is 0.0839. The summed E-state index contributed by atoms with van der Waals surface area (Å²) < 4.78 is 39.1. The van der Waals surface area contributed by atoms with E-state index in [1.807, 2.05) is 0 Å². The molecule has 0 amide bonds. The van der Waals surface area contributed by atoms with E-state index in [2.05, 4.69) is 10.1 Å². The van der Waals surface area contributed by atoms with Crippen molar-refractivity contribution >= 4 is 32.7 Å². The zero-order chi connectivity index (χ0) is 22.0. The molecule has 9 heteroatoms. The Morgan fingerprint density at radius 1 is 1.19 bits per heavy atom. The predicted molar refractivity (Wildman–Crippen MR) is 117 cm³/mol. The zero-order valence-corrected chi connectivity index (χ0v) is 18.7. The Hall–Kier alpha value is -2.10. The van der Waals surface area contributed by atoms with E-state index in [0.29, 0.717) is 27.5 Å². The first kappa shape index (κ1) is 22.1. The van der Waals surface area contributed by atoms with Gasteiger partial charge in [0.1, 0.15) is 10.0 Å². The highest BCUT2D eigenvalue weighted by Crippen LogP contribution is 2.36. The number of oxime groups is 1. The largest absolute Gasteiger partial charge is 0.411 e. The number of likely N-dealkylation sites (tertiary alicyclic amines) is 1. The van der Waals surface area contributed by atoms with Crippen molar-refractivity contribution in [1.29, 1.82) is 0 Å². The standard InChI is InChI=1S/C22H25FN2O4S2/c23-17-5-3-15(4-6-17)21(26)16-7-11-25(12-8-16)10-1-2-18-14-20(24-27)19-9-13-30-22(19)31(18,28)29/h3-6,9,13,16,18,27H,1-2,7-8,10-12,14H2/b24-20+. The molecule has 1 saturated heterocycles. The van der Waals surface area contributed by atoms with E-state index in [4.69, 9.17) is 0 Å². The molecule has 4 rings (SSSR count). The lowest BCUT2D eigenvalue weighted by atomic mass is 9.89. The van der Waals surface area contributed by atoms with Crippen molar-refractivity contribution in [2.24, 2.45) is 11.1 Å². The maximum Gasteiger partial charge on any atom is 0.191 e. The molecular formula is C22H25FN2O4S2. The van der Waals surface area contributed by atoms with Crippen LogP contribution in [0.3, 0.4) is 0 Å². The SMILES string of the molecule is O=C(c1ccc(F)cc1)C1CCN(CCCC2C/C(=N\O)c3ccsc3S2(=O)=O)CC1. The summed E-state index contributed by atoms with van der Waals surface area (Å²) in [4.78, 5) is 14.9. The van der Waals surface area contributed by atoms with Crippen LogP contribution in [0.4, 0.5) is 4.39 Å². The maximum absolute atomic E-state index is 13.1. The summed E-state index contributed by atoms with van der Waals surface area (Å²) in [5.74, 6) is -0.337. The van der Waals surface area contributed by atoms with Crippen LogP contribution in [0.5, 0.6) is 0 Å². The van der Waals surface area contributed by atoms with Gasteiger partial charge in [-0.15, -0.1) is 11.3 Å². The smallest absolute Gasteiger partial charge is 0.191 e. The van der Waals surface area contributed by atoms with Gasteiger partial charge in [-0.1, -0.05) is 5.16 Å². The number of carbonyl (C=O) groups is 1. The molecule has 6 nitrogen and oxygen atoms in total. The Morgan fingerprint density at radius 3 is 2.58 bits per heavy atom. The number of ketones is 1. The Labute approximate surface area is 185 Å². The molecule has 0 aliphatic carbocycles. The van der Waals surface area contributed by atoms with Crippen molar-refractivity contribution < 1.29 is 22.8 Å². The molecule has 2 aliphatic heterocycles. The van der Waals surface area contributed by atoms with Crippen molar-refractivity contribution in [2.45, 2.75) is 41.6 Å². The zero-order valence-electron chi connectivity index (χ0n) is 17.0. The first-order chi connectivity index (χ1) is 14.9. The summed E-state index contributed by atoms with van der Waals surface area (Å²) in [5, 5.41) is 13.8. The van der Waals surface area contributed by atoms with E-state index in [-0.39, 0.29) is 23.9 Å². The highest BCUT2D eigenvalue weighted by molar-refractivity contribution is 7.94. The number of Topliss-reactive ketones (excluding diaryl/α,β-unsaturated/α-hetero) is 1. The van der Waals surface area contributed by atoms with E-state index < -0.39 is 15.1 Å². The fourth-order valence-electron chi connectivity index (χ4n) is 4.48. The molecule has 1 aromatic heterocycles. The van der Waals surface area contributed by atoms with Gasteiger partial charge < -0.3 is 10.1 Å². The van der Waals surface area contributed by atoms with Gasteiger partial charge in [0, 0.05) is 23.5 Å². The molecule has 1 aromatic carbocycles. The third kappa shape index (κ3) is 4.58. The van der Waals surface area contributed by atoms with Crippen molar-refractivity contribution in [1.82, 2.24) is 4.90 Å². The lowest BCUT2D eigenvalue weighted by Gasteiger charge is -2.31. The molecule has 2 aromatic rings. The summed E-state index contributed by atoms with van der Waals surface area (Å²) in [6.45, 7) is 2.34. The summed E-state index contributed by atoms with van der Waals surface area (Å²) in [7, 11) is -3.40. The molecule has 1 atom stereocenters. The Morgan fingerprint density at radius 2 is 1.90 bits per heavy atom. The van der Waals surface area contributed by atoms with Gasteiger partial charge in [-0.2, -0.15) is 0 Å². The maximum atomic E-state index is 13.1. The molecule has 3 heterocycles. The van der Waals surface area contributed by atoms with Crippen molar-refractivity contribution in [3.8, 4) is 0 Å². The Balaban J connectivity index is 1.28. The molecule has 1 fully saturated rings. The van der Waals surface area contributed by atoms with Gasteiger partial charge in [-0.25, -0.2) is 12.8 Å². The second kappa shape index (κ2) is 9.18. The highest BCUT2D eigenvalue weighted by atomic mass is 32.2. The van der Waals surface area contributed by atoms with Crippen LogP contribution in [-0.2, 0) is 9.84 Å². The quantitative estimate of drug-likeness (QED) is 0.397. The van der Waals surface area contributed by atoms with Crippen LogP contribution >= 0.6 is 11.3 Å². The summed E-state index contributed by atoms with van der Waals surface area (Å²) in [5.41, 5.74) is 1.52. The average Bonchev–Trinajstić information content (AvgIpc) is 3.27. The Kier molecular flexibility index (Phi) is 6.55. The second-order valence-electron chi connectivity index (χ2n) is 8.17. The van der Waals surface area contributed by atoms with E-state index >= 15 is 0 Å². The number of fused-ring (bicyclic) bond motifs is 1. The fourth-order valence-corrected chi connectivity index (χ4v) is 7.88. The summed E-state index contributed by atoms with van der Waals surface area (Å²) in [6, 6.07) is 7.40. The summed E-state index contributed by atoms with van der Waals surface area (Å²) in [6.07, 6.45) is 2.96. The third-order valence-corrected chi connectivity index (χ3v) is 9.98. The number of hydrogen-bond acceptors (Lipinski definition) is 7. The number of sulfone groups is 1. The molecule has 1 N–H and O–H groups in total. The minimum absolute atomic E-state index is 0.0546. The van der Waals surface area contributed by atoms with E-state index in [9.17, 15) is 22.8 Å². The molecule has 2 aliphatic rings. The molecule has 0 spiro atoms. The minimum Gasteiger partial charge on any atom is -0.411 e. The molecule has 0 saturated carbocycles. The molecular weight excluding hydrogens is 439 g/mol. The van der Waals surface area contributed by atoms with Crippen LogP contribution in [0.1, 0.15) is 48.0 Å². The van der Waals surface area contributed by atoms with Gasteiger partial charge in [-0.05, 0) is 81.0 Å². The minimum atomic E-state index is -3.40. The number of thiophene rings is 1. The molecule has 166 valence electrons. The average molecular weight is 465 g/mol. The number of hydrogen-bond donors (Lipinski definition) is 1. The van der Waals surface area contributed by atoms with E-state index in [0.717, 1.165) is 38.9 Å². The molecule has 0 radical (unpaired) electrons. The van der Waals surface area contributed by atoms with Crippen LogP contribution in [0.15, 0.2) is 45.1 Å². The number of carbonyl (C=O) groups excluding carboxylic acids is 1. The van der Waals surface area contributed by atoms with Gasteiger partial charge >= 0.3 is 0 Å². The topological polar surface area (TPSA) is 87.0 Å². The van der Waals surface area contributed by atoms with Gasteiger partial charge in [0.05, 0.1) is 11.0 Å². The summed E-state index contributed by atoms with van der Waals surface area (Å²) >= 11 is 1.18. The van der Waals surface area contributed by atoms with Crippen LogP contribution in [0, 0.1) is 11.7 Å². The molecule has 31 heavy (non-hydrogen) atoms. The number of benzene rings is 1. The monoisotopic (exact) mass is 464 g/mol. The van der Waals surface area contributed by atoms with Crippen LogP contribution in [0.25, 0.3) is 0 Å². The Bertz CT molecular complexity index is 1070. The van der Waals surface area contributed by atoms with Gasteiger partial charge in [0.2, 0.25) is 0 Å². The van der Waals surface area contributed by atoms with Gasteiger partial charge in [0.25, 0.3) is 0 Å². The predicted octanol–water partition coefficient (Wildman–Crippen LogP) is 3.99.